The first-order chi connectivity index (χ1) is 11.9. The van der Waals surface area contributed by atoms with Crippen molar-refractivity contribution in [3.63, 3.8) is 0 Å². The number of methoxy groups -OCH3 is 4. The van der Waals surface area contributed by atoms with E-state index < -0.39 is 35.2 Å². The van der Waals surface area contributed by atoms with Gasteiger partial charge in [-0.1, -0.05) is 6.07 Å². The van der Waals surface area contributed by atoms with E-state index >= 15 is 0 Å². The Bertz CT molecular complexity index is 592. The fourth-order valence-electron chi connectivity index (χ4n) is 2.61. The fraction of sp³-hybridized carbons (Fsp3) is 0.500. The van der Waals surface area contributed by atoms with Crippen molar-refractivity contribution in [3.05, 3.63) is 33.9 Å². The molecule has 0 bridgehead atoms. The van der Waals surface area contributed by atoms with E-state index in [1.807, 2.05) is 0 Å². The van der Waals surface area contributed by atoms with Crippen LogP contribution < -0.4 is 9.47 Å². The predicted octanol–water partition coefficient (Wildman–Crippen LogP) is 1.10. The van der Waals surface area contributed by atoms with Crippen molar-refractivity contribution >= 4 is 11.9 Å². The lowest BCUT2D eigenvalue weighted by molar-refractivity contribution is -0.489. The van der Waals surface area contributed by atoms with Gasteiger partial charge in [-0.3, -0.25) is 19.7 Å². The Hall–Kier alpha value is -2.84. The van der Waals surface area contributed by atoms with Gasteiger partial charge in [0.05, 0.1) is 34.4 Å². The van der Waals surface area contributed by atoms with E-state index in [9.17, 15) is 19.7 Å². The standard InChI is InChI=1S/C16H21NO8/c1-22-12-6-5-7-13(23-2)11(12)8-10(9-17(20)21)14(15(18)24-3)16(19)25-4/h5-7,10,14H,8-9H2,1-4H3. The molecule has 1 aromatic carbocycles. The lowest BCUT2D eigenvalue weighted by atomic mass is 9.86. The molecule has 0 amide bonds. The van der Waals surface area contributed by atoms with Crippen LogP contribution in [0.5, 0.6) is 11.5 Å². The molecule has 0 aliphatic carbocycles. The summed E-state index contributed by atoms with van der Waals surface area (Å²) in [5, 5.41) is 11.1. The van der Waals surface area contributed by atoms with Gasteiger partial charge < -0.3 is 18.9 Å². The second-order valence-electron chi connectivity index (χ2n) is 5.14. The van der Waals surface area contributed by atoms with Crippen LogP contribution in [-0.2, 0) is 25.5 Å². The van der Waals surface area contributed by atoms with E-state index in [4.69, 9.17) is 9.47 Å². The van der Waals surface area contributed by atoms with Gasteiger partial charge in [-0.15, -0.1) is 0 Å². The highest BCUT2D eigenvalue weighted by molar-refractivity contribution is 5.95. The zero-order valence-electron chi connectivity index (χ0n) is 14.5. The highest BCUT2D eigenvalue weighted by Crippen LogP contribution is 2.33. The first kappa shape index (κ1) is 20.2. The van der Waals surface area contributed by atoms with Gasteiger partial charge in [0.25, 0.3) is 0 Å². The number of carbonyl (C=O) groups is 2. The second-order valence-corrected chi connectivity index (χ2v) is 5.14. The number of nitro groups is 1. The minimum absolute atomic E-state index is 0.0109. The molecule has 1 unspecified atom stereocenters. The fourth-order valence-corrected chi connectivity index (χ4v) is 2.61. The summed E-state index contributed by atoms with van der Waals surface area (Å²) in [5.41, 5.74) is 0.511. The molecule has 0 aliphatic heterocycles. The van der Waals surface area contributed by atoms with Crippen molar-refractivity contribution in [1.82, 2.24) is 0 Å². The number of benzene rings is 1. The average Bonchev–Trinajstić information content (AvgIpc) is 2.60. The van der Waals surface area contributed by atoms with E-state index in [2.05, 4.69) is 9.47 Å². The van der Waals surface area contributed by atoms with Crippen molar-refractivity contribution in [2.75, 3.05) is 35.0 Å². The number of nitrogens with zero attached hydrogens (tertiary/aromatic N) is 1. The lowest BCUT2D eigenvalue weighted by Gasteiger charge is -2.22. The molecular formula is C16H21NO8. The molecule has 0 spiro atoms. The number of ether oxygens (including phenoxy) is 4. The Morgan fingerprint density at radius 3 is 1.88 bits per heavy atom. The van der Waals surface area contributed by atoms with Crippen LogP contribution in [0, 0.1) is 22.0 Å². The van der Waals surface area contributed by atoms with Crippen molar-refractivity contribution in [3.8, 4) is 11.5 Å². The molecule has 0 fully saturated rings. The van der Waals surface area contributed by atoms with Crippen LogP contribution in [-0.4, -0.2) is 51.8 Å². The third-order valence-corrected chi connectivity index (χ3v) is 3.76. The smallest absolute Gasteiger partial charge is 0.320 e. The molecule has 0 radical (unpaired) electrons. The molecule has 0 aliphatic rings. The predicted molar refractivity (Wildman–Crippen MR) is 86.1 cm³/mol. The Morgan fingerprint density at radius 1 is 1.04 bits per heavy atom. The van der Waals surface area contributed by atoms with Gasteiger partial charge in [-0.05, 0) is 18.6 Å². The first-order valence-electron chi connectivity index (χ1n) is 7.36. The van der Waals surface area contributed by atoms with Crippen LogP contribution in [0.15, 0.2) is 18.2 Å². The van der Waals surface area contributed by atoms with E-state index in [1.54, 1.807) is 18.2 Å². The quantitative estimate of drug-likeness (QED) is 0.280. The molecular weight excluding hydrogens is 334 g/mol. The third-order valence-electron chi connectivity index (χ3n) is 3.76. The monoisotopic (exact) mass is 355 g/mol. The molecule has 1 atom stereocenters. The molecule has 138 valence electrons. The first-order valence-corrected chi connectivity index (χ1v) is 7.36. The van der Waals surface area contributed by atoms with Gasteiger partial charge in [0.15, 0.2) is 5.92 Å². The largest absolute Gasteiger partial charge is 0.496 e. The SMILES string of the molecule is COC(=O)C(C(=O)OC)C(Cc1c(OC)cccc1OC)C[N+](=O)[O-]. The summed E-state index contributed by atoms with van der Waals surface area (Å²) in [6.07, 6.45) is -0.0109. The summed E-state index contributed by atoms with van der Waals surface area (Å²) in [5.74, 6) is -3.36. The number of hydrogen-bond acceptors (Lipinski definition) is 8. The number of rotatable bonds is 9. The van der Waals surface area contributed by atoms with Crippen LogP contribution in [0.25, 0.3) is 0 Å². The normalized spacial score (nSPS) is 11.6. The van der Waals surface area contributed by atoms with E-state index in [-0.39, 0.29) is 6.42 Å². The minimum Gasteiger partial charge on any atom is -0.496 e. The molecule has 1 aromatic rings. The van der Waals surface area contributed by atoms with Crippen LogP contribution in [0.4, 0.5) is 0 Å². The molecule has 0 heterocycles. The van der Waals surface area contributed by atoms with Crippen LogP contribution in [0.2, 0.25) is 0 Å². The van der Waals surface area contributed by atoms with Gasteiger partial charge in [0.2, 0.25) is 6.54 Å². The summed E-state index contributed by atoms with van der Waals surface area (Å²) in [4.78, 5) is 34.5. The Kier molecular flexibility index (Phi) is 7.64. The molecule has 9 nitrogen and oxygen atoms in total. The van der Waals surface area contributed by atoms with Gasteiger partial charge in [-0.2, -0.15) is 0 Å². The molecule has 9 heteroatoms. The van der Waals surface area contributed by atoms with E-state index in [0.29, 0.717) is 17.1 Å². The van der Waals surface area contributed by atoms with Gasteiger partial charge >= 0.3 is 11.9 Å². The Balaban J connectivity index is 3.34. The van der Waals surface area contributed by atoms with Crippen molar-refractivity contribution in [2.45, 2.75) is 6.42 Å². The molecule has 0 saturated carbocycles. The average molecular weight is 355 g/mol. The molecule has 1 rings (SSSR count). The minimum atomic E-state index is -1.44. The summed E-state index contributed by atoms with van der Waals surface area (Å²) in [6.45, 7) is -0.629. The summed E-state index contributed by atoms with van der Waals surface area (Å²) < 4.78 is 19.8. The van der Waals surface area contributed by atoms with Crippen molar-refractivity contribution < 1.29 is 33.5 Å². The van der Waals surface area contributed by atoms with Crippen molar-refractivity contribution in [2.24, 2.45) is 11.8 Å². The maximum Gasteiger partial charge on any atom is 0.320 e. The summed E-state index contributed by atoms with van der Waals surface area (Å²) >= 11 is 0. The summed E-state index contributed by atoms with van der Waals surface area (Å²) in [6, 6.07) is 5.01. The lowest BCUT2D eigenvalue weighted by Crippen LogP contribution is -2.38. The third kappa shape index (κ3) is 5.07. The maximum absolute atomic E-state index is 12.0. The van der Waals surface area contributed by atoms with Gasteiger partial charge in [-0.25, -0.2) is 0 Å². The highest BCUT2D eigenvalue weighted by atomic mass is 16.6. The molecule has 0 N–H and O–H groups in total. The molecule has 0 aromatic heterocycles. The van der Waals surface area contributed by atoms with Gasteiger partial charge in [0.1, 0.15) is 11.5 Å². The van der Waals surface area contributed by atoms with Crippen LogP contribution in [0.3, 0.4) is 0 Å². The second kappa shape index (κ2) is 9.45. The highest BCUT2D eigenvalue weighted by Gasteiger charge is 2.40. The van der Waals surface area contributed by atoms with Crippen molar-refractivity contribution in [1.29, 1.82) is 0 Å². The zero-order chi connectivity index (χ0) is 19.0. The van der Waals surface area contributed by atoms with Crippen LogP contribution >= 0.6 is 0 Å². The zero-order valence-corrected chi connectivity index (χ0v) is 14.5. The molecule has 0 saturated heterocycles. The Labute approximate surface area is 145 Å². The molecule has 25 heavy (non-hydrogen) atoms. The van der Waals surface area contributed by atoms with Gasteiger partial charge in [0, 0.05) is 10.5 Å². The number of esters is 2. The number of carbonyl (C=O) groups excluding carboxylic acids is 2. The maximum atomic E-state index is 12.0. The number of hydrogen-bond donors (Lipinski definition) is 0. The van der Waals surface area contributed by atoms with E-state index in [1.165, 1.54) is 14.2 Å². The Morgan fingerprint density at radius 2 is 1.52 bits per heavy atom. The van der Waals surface area contributed by atoms with Crippen LogP contribution in [0.1, 0.15) is 5.56 Å². The van der Waals surface area contributed by atoms with E-state index in [0.717, 1.165) is 14.2 Å². The topological polar surface area (TPSA) is 114 Å². The summed E-state index contributed by atoms with van der Waals surface area (Å²) in [7, 11) is 5.09.